The minimum Gasteiger partial charge on any atom is -0.307 e. The van der Waals surface area contributed by atoms with Gasteiger partial charge < -0.3 is 5.32 Å². The van der Waals surface area contributed by atoms with Gasteiger partial charge in [-0.1, -0.05) is 12.1 Å². The number of amides is 4. The summed E-state index contributed by atoms with van der Waals surface area (Å²) in [7, 11) is 0. The lowest BCUT2D eigenvalue weighted by Gasteiger charge is -2.57. The summed E-state index contributed by atoms with van der Waals surface area (Å²) in [5.74, 6) is 2.28. The predicted octanol–water partition coefficient (Wildman–Crippen LogP) is 2.56. The molecule has 0 spiro atoms. The van der Waals surface area contributed by atoms with Crippen LogP contribution < -0.4 is 10.6 Å². The summed E-state index contributed by atoms with van der Waals surface area (Å²) in [4.78, 5) is 36.4. The summed E-state index contributed by atoms with van der Waals surface area (Å²) in [6, 6.07) is 5.51. The lowest BCUT2D eigenvalue weighted by atomic mass is 9.53. The molecule has 4 amide bonds. The van der Waals surface area contributed by atoms with Crippen LogP contribution in [0.1, 0.15) is 66.4 Å². The van der Waals surface area contributed by atoms with E-state index in [4.69, 9.17) is 0 Å². The van der Waals surface area contributed by atoms with Crippen LogP contribution in [-0.2, 0) is 17.9 Å². The lowest BCUT2D eigenvalue weighted by Crippen LogP contribution is -2.58. The molecule has 7 heteroatoms. The van der Waals surface area contributed by atoms with Gasteiger partial charge in [0.25, 0.3) is 5.91 Å². The van der Waals surface area contributed by atoms with E-state index in [1.807, 2.05) is 12.1 Å². The first-order valence-electron chi connectivity index (χ1n) is 11.3. The average Bonchev–Trinajstić information content (AvgIpc) is 3.01. The first kappa shape index (κ1) is 18.4. The summed E-state index contributed by atoms with van der Waals surface area (Å²) in [5, 5.41) is 9.03. The maximum absolute atomic E-state index is 12.8. The highest BCUT2D eigenvalue weighted by Crippen LogP contribution is 2.55. The molecule has 0 atom stereocenters. The molecule has 5 fully saturated rings. The van der Waals surface area contributed by atoms with Crippen molar-refractivity contribution in [2.24, 2.45) is 17.8 Å². The van der Waals surface area contributed by atoms with Gasteiger partial charge in [-0.25, -0.2) is 14.8 Å². The Labute approximate surface area is 176 Å². The molecule has 1 aromatic rings. The molecule has 158 valence electrons. The van der Waals surface area contributed by atoms with Gasteiger partial charge in [0.05, 0.1) is 13.1 Å². The Balaban J connectivity index is 1.16. The lowest BCUT2D eigenvalue weighted by molar-refractivity contribution is -0.123. The molecular formula is C23H28N4O3. The van der Waals surface area contributed by atoms with E-state index >= 15 is 0 Å². The van der Waals surface area contributed by atoms with Gasteiger partial charge in [0, 0.05) is 24.1 Å². The largest absolute Gasteiger partial charge is 0.342 e. The smallest absolute Gasteiger partial charge is 0.307 e. The van der Waals surface area contributed by atoms with Crippen LogP contribution in [0.5, 0.6) is 0 Å². The van der Waals surface area contributed by atoms with Crippen LogP contribution >= 0.6 is 0 Å². The van der Waals surface area contributed by atoms with Crippen molar-refractivity contribution in [3.05, 3.63) is 34.9 Å². The third kappa shape index (κ3) is 2.94. The second-order valence-electron chi connectivity index (χ2n) is 10.1. The molecule has 1 saturated heterocycles. The minimum absolute atomic E-state index is 0.171. The molecule has 0 aromatic heterocycles. The third-order valence-electron chi connectivity index (χ3n) is 7.98. The second kappa shape index (κ2) is 6.54. The number of hydrogen-bond acceptors (Lipinski definition) is 4. The monoisotopic (exact) mass is 408 g/mol. The molecule has 4 aliphatic carbocycles. The third-order valence-corrected chi connectivity index (χ3v) is 7.98. The first-order valence-corrected chi connectivity index (χ1v) is 11.3. The maximum Gasteiger partial charge on any atom is 0.342 e. The summed E-state index contributed by atoms with van der Waals surface area (Å²) >= 11 is 0. The number of carbonyl (C=O) groups excluding carboxylic acids is 3. The maximum atomic E-state index is 12.8. The fourth-order valence-electron chi connectivity index (χ4n) is 7.07. The van der Waals surface area contributed by atoms with Gasteiger partial charge in [-0.15, -0.1) is 0 Å². The average molecular weight is 409 g/mol. The fourth-order valence-corrected chi connectivity index (χ4v) is 7.07. The first-order chi connectivity index (χ1) is 14.5. The van der Waals surface area contributed by atoms with Gasteiger partial charge in [-0.3, -0.25) is 14.9 Å². The molecule has 1 aromatic carbocycles. The molecule has 4 bridgehead atoms. The summed E-state index contributed by atoms with van der Waals surface area (Å²) in [5.41, 5.74) is 3.11. The van der Waals surface area contributed by atoms with Crippen molar-refractivity contribution in [2.45, 2.75) is 63.6 Å². The molecular weight excluding hydrogens is 380 g/mol. The topological polar surface area (TPSA) is 81.8 Å². The van der Waals surface area contributed by atoms with Crippen LogP contribution in [0, 0.1) is 17.8 Å². The molecule has 2 heterocycles. The number of imide groups is 1. The zero-order valence-corrected chi connectivity index (χ0v) is 17.2. The molecule has 2 aliphatic heterocycles. The van der Waals surface area contributed by atoms with Gasteiger partial charge in [0.1, 0.15) is 0 Å². The van der Waals surface area contributed by atoms with Crippen LogP contribution in [0.15, 0.2) is 18.2 Å². The van der Waals surface area contributed by atoms with Crippen molar-refractivity contribution in [3.8, 4) is 0 Å². The van der Waals surface area contributed by atoms with Gasteiger partial charge in [0.2, 0.25) is 5.91 Å². The van der Waals surface area contributed by atoms with Crippen LogP contribution in [0.4, 0.5) is 4.79 Å². The Morgan fingerprint density at radius 1 is 1.00 bits per heavy atom. The number of nitrogens with one attached hydrogen (secondary N) is 2. The zero-order valence-electron chi connectivity index (χ0n) is 17.2. The normalized spacial score (nSPS) is 34.5. The van der Waals surface area contributed by atoms with E-state index in [-0.39, 0.29) is 24.8 Å². The Morgan fingerprint density at radius 3 is 2.37 bits per heavy atom. The van der Waals surface area contributed by atoms with E-state index in [9.17, 15) is 14.4 Å². The number of carbonyl (C=O) groups is 3. The molecule has 7 rings (SSSR count). The van der Waals surface area contributed by atoms with Crippen molar-refractivity contribution in [2.75, 3.05) is 6.54 Å². The SMILES string of the molecule is O=C1CCN(N2Cc3cc(CNC45CC6CC(CC(C6)C4)C5)ccc3C2=O)C(=O)N1. The minimum atomic E-state index is -0.517. The van der Waals surface area contributed by atoms with Crippen molar-refractivity contribution in [1.29, 1.82) is 0 Å². The number of benzene rings is 1. The van der Waals surface area contributed by atoms with E-state index in [2.05, 4.69) is 16.7 Å². The number of fused-ring (bicyclic) bond motifs is 1. The van der Waals surface area contributed by atoms with Gasteiger partial charge in [0.15, 0.2) is 0 Å². The van der Waals surface area contributed by atoms with E-state index in [0.29, 0.717) is 17.6 Å². The van der Waals surface area contributed by atoms with Gasteiger partial charge in [-0.2, -0.15) is 0 Å². The van der Waals surface area contributed by atoms with Gasteiger partial charge >= 0.3 is 6.03 Å². The van der Waals surface area contributed by atoms with Crippen molar-refractivity contribution >= 4 is 17.8 Å². The zero-order chi connectivity index (χ0) is 20.5. The Hall–Kier alpha value is -2.41. The highest BCUT2D eigenvalue weighted by Gasteiger charge is 2.50. The molecule has 0 unspecified atom stereocenters. The van der Waals surface area contributed by atoms with Crippen LogP contribution in [-0.4, -0.2) is 39.9 Å². The standard InChI is InChI=1S/C23H28N4O3/c28-20-3-4-26(22(30)25-20)27-13-18-8-14(1-2-19(18)21(27)29)12-24-23-9-15-5-16(10-23)7-17(6-15)11-23/h1-2,8,15-17,24H,3-7,9-13H2,(H,25,28,30). The van der Waals surface area contributed by atoms with Crippen molar-refractivity contribution in [1.82, 2.24) is 20.7 Å². The molecule has 6 aliphatic rings. The number of nitrogens with zero attached hydrogens (tertiary/aromatic N) is 2. The van der Waals surface area contributed by atoms with E-state index in [1.54, 1.807) is 0 Å². The molecule has 4 saturated carbocycles. The molecule has 30 heavy (non-hydrogen) atoms. The number of hydrogen-bond donors (Lipinski definition) is 2. The Bertz CT molecular complexity index is 907. The number of urea groups is 1. The summed E-state index contributed by atoms with van der Waals surface area (Å²) < 4.78 is 0. The van der Waals surface area contributed by atoms with E-state index < -0.39 is 6.03 Å². The quantitative estimate of drug-likeness (QED) is 0.802. The van der Waals surface area contributed by atoms with Crippen molar-refractivity contribution < 1.29 is 14.4 Å². The predicted molar refractivity (Wildman–Crippen MR) is 109 cm³/mol. The highest BCUT2D eigenvalue weighted by atomic mass is 16.2. The highest BCUT2D eigenvalue weighted by molar-refractivity contribution is 6.01. The molecule has 7 nitrogen and oxygen atoms in total. The summed E-state index contributed by atoms with van der Waals surface area (Å²) in [6.07, 6.45) is 8.48. The number of hydrazine groups is 1. The Morgan fingerprint density at radius 2 is 1.70 bits per heavy atom. The molecule has 0 radical (unpaired) electrons. The van der Waals surface area contributed by atoms with Crippen LogP contribution in [0.25, 0.3) is 0 Å². The van der Waals surface area contributed by atoms with Crippen LogP contribution in [0.2, 0.25) is 0 Å². The van der Waals surface area contributed by atoms with E-state index in [1.165, 1.54) is 54.1 Å². The second-order valence-corrected chi connectivity index (χ2v) is 10.1. The van der Waals surface area contributed by atoms with E-state index in [0.717, 1.165) is 29.9 Å². The van der Waals surface area contributed by atoms with Crippen molar-refractivity contribution in [3.63, 3.8) is 0 Å². The van der Waals surface area contributed by atoms with Crippen LogP contribution in [0.3, 0.4) is 0 Å². The number of rotatable bonds is 4. The van der Waals surface area contributed by atoms with Gasteiger partial charge in [-0.05, 0) is 73.5 Å². The fraction of sp³-hybridized carbons (Fsp3) is 0.609. The molecule has 2 N–H and O–H groups in total. The Kier molecular flexibility index (Phi) is 4.01. The summed E-state index contributed by atoms with van der Waals surface area (Å²) in [6.45, 7) is 1.44.